The van der Waals surface area contributed by atoms with E-state index in [4.69, 9.17) is 0 Å². The molecular weight excluding hydrogens is 208 g/mol. The Bertz CT molecular complexity index is 276. The van der Waals surface area contributed by atoms with Gasteiger partial charge in [-0.25, -0.2) is 0 Å². The molecular formula is C15H26N2. The van der Waals surface area contributed by atoms with Gasteiger partial charge in [0.15, 0.2) is 0 Å². The van der Waals surface area contributed by atoms with Gasteiger partial charge in [0.05, 0.1) is 0 Å². The van der Waals surface area contributed by atoms with Crippen molar-refractivity contribution in [3.8, 4) is 0 Å². The quantitative estimate of drug-likeness (QED) is 0.845. The molecule has 1 N–H and O–H groups in total. The lowest BCUT2D eigenvalue weighted by molar-refractivity contribution is 0.589. The summed E-state index contributed by atoms with van der Waals surface area (Å²) >= 11 is 0. The molecule has 0 aliphatic carbocycles. The fraction of sp³-hybridized carbons (Fsp3) is 0.600. The molecule has 1 aliphatic rings. The highest BCUT2D eigenvalue weighted by Crippen LogP contribution is 2.12. The molecule has 0 bridgehead atoms. The predicted octanol–water partition coefficient (Wildman–Crippen LogP) is 3.15. The van der Waals surface area contributed by atoms with Crippen LogP contribution >= 0.6 is 0 Å². The van der Waals surface area contributed by atoms with Gasteiger partial charge < -0.3 is 10.2 Å². The number of benzene rings is 1. The minimum Gasteiger partial charge on any atom is -0.369 e. The molecule has 1 aromatic rings. The largest absolute Gasteiger partial charge is 0.369 e. The first-order valence-corrected chi connectivity index (χ1v) is 6.74. The lowest BCUT2D eigenvalue weighted by Gasteiger charge is -2.29. The number of rotatable bonds is 2. The highest BCUT2D eigenvalue weighted by Gasteiger charge is 2.08. The highest BCUT2D eigenvalue weighted by molar-refractivity contribution is 5.46. The van der Waals surface area contributed by atoms with Crippen molar-refractivity contribution in [3.63, 3.8) is 0 Å². The van der Waals surface area contributed by atoms with Crippen molar-refractivity contribution < 1.29 is 0 Å². The van der Waals surface area contributed by atoms with Crippen molar-refractivity contribution in [2.24, 2.45) is 5.92 Å². The summed E-state index contributed by atoms with van der Waals surface area (Å²) in [6.07, 6.45) is 1.31. The monoisotopic (exact) mass is 234 g/mol. The van der Waals surface area contributed by atoms with Crippen LogP contribution in [-0.2, 0) is 0 Å². The molecule has 2 nitrogen and oxygen atoms in total. The normalized spacial score (nSPS) is 15.4. The zero-order chi connectivity index (χ0) is 12.5. The van der Waals surface area contributed by atoms with Gasteiger partial charge in [-0.3, -0.25) is 0 Å². The van der Waals surface area contributed by atoms with E-state index in [2.05, 4.69) is 61.3 Å². The second kappa shape index (κ2) is 8.13. The van der Waals surface area contributed by atoms with Crippen LogP contribution in [0.5, 0.6) is 0 Å². The molecule has 0 radical (unpaired) electrons. The number of nitrogens with one attached hydrogen (secondary N) is 1. The van der Waals surface area contributed by atoms with Gasteiger partial charge in [0.2, 0.25) is 0 Å². The molecule has 0 atom stereocenters. The second-order valence-electron chi connectivity index (χ2n) is 4.87. The predicted molar refractivity (Wildman–Crippen MR) is 76.7 cm³/mol. The van der Waals surface area contributed by atoms with E-state index in [1.165, 1.54) is 12.1 Å². The molecule has 17 heavy (non-hydrogen) atoms. The Morgan fingerprint density at radius 1 is 1.12 bits per heavy atom. The van der Waals surface area contributed by atoms with Crippen LogP contribution in [0.2, 0.25) is 0 Å². The van der Waals surface area contributed by atoms with Crippen LogP contribution in [0.4, 0.5) is 5.69 Å². The van der Waals surface area contributed by atoms with Crippen molar-refractivity contribution in [2.45, 2.75) is 27.2 Å². The van der Waals surface area contributed by atoms with Crippen molar-refractivity contribution in [2.75, 3.05) is 31.1 Å². The fourth-order valence-corrected chi connectivity index (χ4v) is 1.56. The number of anilines is 1. The van der Waals surface area contributed by atoms with E-state index >= 15 is 0 Å². The van der Waals surface area contributed by atoms with Gasteiger partial charge in [0, 0.05) is 31.9 Å². The lowest BCUT2D eigenvalue weighted by atomic mass is 10.2. The van der Waals surface area contributed by atoms with Gasteiger partial charge in [-0.05, 0) is 18.1 Å². The zero-order valence-corrected chi connectivity index (χ0v) is 11.4. The Morgan fingerprint density at radius 3 is 2.12 bits per heavy atom. The van der Waals surface area contributed by atoms with Crippen molar-refractivity contribution >= 4 is 5.69 Å². The maximum atomic E-state index is 3.34. The van der Waals surface area contributed by atoms with Crippen molar-refractivity contribution in [1.82, 2.24) is 5.32 Å². The Kier molecular flexibility index (Phi) is 6.71. The highest BCUT2D eigenvalue weighted by atomic mass is 15.2. The van der Waals surface area contributed by atoms with E-state index in [-0.39, 0.29) is 0 Å². The average Bonchev–Trinajstić information content (AvgIpc) is 2.41. The molecule has 0 spiro atoms. The number of hydrogen-bond donors (Lipinski definition) is 1. The molecule has 1 heterocycles. The van der Waals surface area contributed by atoms with Crippen LogP contribution in [0.1, 0.15) is 27.2 Å². The smallest absolute Gasteiger partial charge is 0.0367 e. The third-order valence-corrected chi connectivity index (χ3v) is 3.05. The van der Waals surface area contributed by atoms with Crippen molar-refractivity contribution in [1.29, 1.82) is 0 Å². The van der Waals surface area contributed by atoms with Gasteiger partial charge in [0.1, 0.15) is 0 Å². The average molecular weight is 234 g/mol. The molecule has 2 heteroatoms. The Labute approximate surface area is 106 Å². The number of para-hydroxylation sites is 1. The Hall–Kier alpha value is -1.02. The van der Waals surface area contributed by atoms with E-state index in [1.807, 2.05) is 0 Å². The van der Waals surface area contributed by atoms with E-state index in [0.29, 0.717) is 0 Å². The second-order valence-corrected chi connectivity index (χ2v) is 4.87. The lowest BCUT2D eigenvalue weighted by Crippen LogP contribution is -2.43. The van der Waals surface area contributed by atoms with Crippen LogP contribution in [0.15, 0.2) is 30.3 Å². The topological polar surface area (TPSA) is 15.3 Å². The molecule has 0 aromatic heterocycles. The third-order valence-electron chi connectivity index (χ3n) is 3.05. The summed E-state index contributed by atoms with van der Waals surface area (Å²) in [6, 6.07) is 10.6. The number of nitrogens with zero attached hydrogens (tertiary/aromatic N) is 1. The molecule has 2 rings (SSSR count). The molecule has 0 saturated carbocycles. The van der Waals surface area contributed by atoms with E-state index < -0.39 is 0 Å². The van der Waals surface area contributed by atoms with Crippen LogP contribution < -0.4 is 10.2 Å². The summed E-state index contributed by atoms with van der Waals surface area (Å²) in [5.41, 5.74) is 1.35. The molecule has 0 unspecified atom stereocenters. The number of piperazine rings is 1. The summed E-state index contributed by atoms with van der Waals surface area (Å²) in [5, 5.41) is 3.34. The standard InChI is InChI=1S/C10H14N2.C5H12/c1-2-4-10(5-3-1)12-8-6-11-7-9-12;1-4-5(2)3/h1-5,11H,6-9H2;5H,4H2,1-3H3. The molecule has 0 amide bonds. The fourth-order valence-electron chi connectivity index (χ4n) is 1.56. The molecule has 1 saturated heterocycles. The van der Waals surface area contributed by atoms with Crippen LogP contribution in [-0.4, -0.2) is 26.2 Å². The summed E-state index contributed by atoms with van der Waals surface area (Å²) in [5.74, 6) is 0.884. The first-order chi connectivity index (χ1) is 8.24. The van der Waals surface area contributed by atoms with Gasteiger partial charge >= 0.3 is 0 Å². The van der Waals surface area contributed by atoms with Gasteiger partial charge in [-0.2, -0.15) is 0 Å². The maximum absolute atomic E-state index is 3.34. The van der Waals surface area contributed by atoms with Crippen LogP contribution in [0.3, 0.4) is 0 Å². The van der Waals surface area contributed by atoms with E-state index in [9.17, 15) is 0 Å². The van der Waals surface area contributed by atoms with E-state index in [0.717, 1.165) is 32.1 Å². The van der Waals surface area contributed by atoms with E-state index in [1.54, 1.807) is 0 Å². The van der Waals surface area contributed by atoms with Crippen LogP contribution in [0, 0.1) is 5.92 Å². The van der Waals surface area contributed by atoms with Crippen LogP contribution in [0.25, 0.3) is 0 Å². The Balaban J connectivity index is 0.000000249. The maximum Gasteiger partial charge on any atom is 0.0367 e. The summed E-state index contributed by atoms with van der Waals surface area (Å²) in [6.45, 7) is 11.1. The van der Waals surface area contributed by atoms with Gasteiger partial charge in [-0.1, -0.05) is 45.4 Å². The minimum atomic E-state index is 0.884. The molecule has 1 fully saturated rings. The molecule has 1 aromatic carbocycles. The third kappa shape index (κ3) is 5.73. The zero-order valence-electron chi connectivity index (χ0n) is 11.4. The first-order valence-electron chi connectivity index (χ1n) is 6.74. The first kappa shape index (κ1) is 14.0. The van der Waals surface area contributed by atoms with Gasteiger partial charge in [0.25, 0.3) is 0 Å². The SMILES string of the molecule is CCC(C)C.c1ccc(N2CCNCC2)cc1. The summed E-state index contributed by atoms with van der Waals surface area (Å²) < 4.78 is 0. The summed E-state index contributed by atoms with van der Waals surface area (Å²) in [7, 11) is 0. The van der Waals surface area contributed by atoms with Gasteiger partial charge in [-0.15, -0.1) is 0 Å². The van der Waals surface area contributed by atoms with Crippen molar-refractivity contribution in [3.05, 3.63) is 30.3 Å². The number of hydrogen-bond acceptors (Lipinski definition) is 2. The minimum absolute atomic E-state index is 0.884. The molecule has 1 aliphatic heterocycles. The summed E-state index contributed by atoms with van der Waals surface area (Å²) in [4.78, 5) is 2.41. The molecule has 96 valence electrons. The Morgan fingerprint density at radius 2 is 1.65 bits per heavy atom.